The summed E-state index contributed by atoms with van der Waals surface area (Å²) in [6.45, 7) is 2.11. The Morgan fingerprint density at radius 2 is 1.73 bits per heavy atom. The molecule has 0 atom stereocenters. The van der Waals surface area contributed by atoms with Crippen molar-refractivity contribution in [3.05, 3.63) is 71.8 Å². The molecule has 4 rings (SSSR count). The number of amides is 1. The van der Waals surface area contributed by atoms with Crippen LogP contribution in [-0.2, 0) is 21.4 Å². The average Bonchev–Trinajstić information content (AvgIpc) is 2.85. The van der Waals surface area contributed by atoms with E-state index in [1.807, 2.05) is 43.3 Å². The Labute approximate surface area is 152 Å². The van der Waals surface area contributed by atoms with Crippen LogP contribution in [0.15, 0.2) is 65.6 Å². The van der Waals surface area contributed by atoms with Gasteiger partial charge in [0.2, 0.25) is 5.91 Å². The third-order valence-electron chi connectivity index (χ3n) is 4.71. The molecule has 26 heavy (non-hydrogen) atoms. The molecule has 5 nitrogen and oxygen atoms in total. The van der Waals surface area contributed by atoms with Gasteiger partial charge in [-0.05, 0) is 35.6 Å². The number of sulfonamides is 1. The molecule has 0 aromatic heterocycles. The number of rotatable bonds is 4. The van der Waals surface area contributed by atoms with Gasteiger partial charge in [-0.2, -0.15) is 0 Å². The van der Waals surface area contributed by atoms with Gasteiger partial charge >= 0.3 is 0 Å². The molecular weight excluding hydrogens is 348 g/mol. The van der Waals surface area contributed by atoms with E-state index >= 15 is 0 Å². The highest BCUT2D eigenvalue weighted by Gasteiger charge is 2.36. The van der Waals surface area contributed by atoms with E-state index in [1.165, 1.54) is 4.31 Å². The van der Waals surface area contributed by atoms with Gasteiger partial charge in [0, 0.05) is 11.9 Å². The zero-order chi connectivity index (χ0) is 18.3. The Morgan fingerprint density at radius 3 is 2.50 bits per heavy atom. The third kappa shape index (κ3) is 2.63. The number of nitrogens with one attached hydrogen (secondary N) is 1. The summed E-state index contributed by atoms with van der Waals surface area (Å²) < 4.78 is 26.9. The van der Waals surface area contributed by atoms with E-state index < -0.39 is 10.0 Å². The molecule has 0 saturated carbocycles. The van der Waals surface area contributed by atoms with Crippen molar-refractivity contribution < 1.29 is 13.2 Å². The molecule has 1 amide bonds. The maximum Gasteiger partial charge on any atom is 0.265 e. The van der Waals surface area contributed by atoms with Crippen molar-refractivity contribution in [3.8, 4) is 0 Å². The highest BCUT2D eigenvalue weighted by Crippen LogP contribution is 2.41. The molecule has 0 radical (unpaired) electrons. The first-order chi connectivity index (χ1) is 12.5. The molecule has 3 aromatic carbocycles. The Bertz CT molecular complexity index is 1120. The van der Waals surface area contributed by atoms with Gasteiger partial charge in [-0.15, -0.1) is 0 Å². The standard InChI is InChI=1S/C20H18N2O3S/c1-14-6-2-3-7-16(14)12-21-19(23)13-22-17-10-4-8-15-9-5-11-18(20(15)17)26(22,24)25/h2-11H,12-13H2,1H3,(H,21,23). The molecule has 0 unspecified atom stereocenters. The van der Waals surface area contributed by atoms with E-state index in [-0.39, 0.29) is 17.3 Å². The number of aryl methyl sites for hydroxylation is 1. The topological polar surface area (TPSA) is 66.5 Å². The fourth-order valence-corrected chi connectivity index (χ4v) is 4.98. The van der Waals surface area contributed by atoms with Crippen LogP contribution in [0.4, 0.5) is 5.69 Å². The van der Waals surface area contributed by atoms with E-state index in [2.05, 4.69) is 5.32 Å². The van der Waals surface area contributed by atoms with Crippen LogP contribution in [0.5, 0.6) is 0 Å². The van der Waals surface area contributed by atoms with Crippen molar-refractivity contribution in [1.29, 1.82) is 0 Å². The minimum absolute atomic E-state index is 0.234. The van der Waals surface area contributed by atoms with Gasteiger partial charge < -0.3 is 5.32 Å². The van der Waals surface area contributed by atoms with E-state index in [0.717, 1.165) is 16.5 Å². The zero-order valence-electron chi connectivity index (χ0n) is 14.3. The van der Waals surface area contributed by atoms with Gasteiger partial charge in [0.15, 0.2) is 0 Å². The molecule has 1 aliphatic heterocycles. The van der Waals surface area contributed by atoms with Crippen molar-refractivity contribution in [2.24, 2.45) is 0 Å². The van der Waals surface area contributed by atoms with Gasteiger partial charge in [-0.25, -0.2) is 8.42 Å². The summed E-state index contributed by atoms with van der Waals surface area (Å²) in [7, 11) is -3.71. The van der Waals surface area contributed by atoms with Crippen LogP contribution >= 0.6 is 0 Å². The number of carbonyl (C=O) groups excluding carboxylic acids is 1. The van der Waals surface area contributed by atoms with Crippen LogP contribution in [-0.4, -0.2) is 20.9 Å². The Balaban J connectivity index is 1.58. The van der Waals surface area contributed by atoms with Crippen molar-refractivity contribution in [3.63, 3.8) is 0 Å². The minimum atomic E-state index is -3.71. The average molecular weight is 366 g/mol. The highest BCUT2D eigenvalue weighted by molar-refractivity contribution is 7.93. The number of benzene rings is 3. The lowest BCUT2D eigenvalue weighted by Crippen LogP contribution is -2.38. The normalized spacial score (nSPS) is 14.6. The summed E-state index contributed by atoms with van der Waals surface area (Å²) >= 11 is 0. The third-order valence-corrected chi connectivity index (χ3v) is 6.51. The smallest absolute Gasteiger partial charge is 0.265 e. The first-order valence-electron chi connectivity index (χ1n) is 8.34. The summed E-state index contributed by atoms with van der Waals surface area (Å²) in [6.07, 6.45) is 0. The molecule has 0 fully saturated rings. The second-order valence-corrected chi connectivity index (χ2v) is 8.18. The fourth-order valence-electron chi connectivity index (χ4n) is 3.32. The van der Waals surface area contributed by atoms with E-state index in [0.29, 0.717) is 17.6 Å². The van der Waals surface area contributed by atoms with E-state index in [9.17, 15) is 13.2 Å². The molecule has 1 aliphatic rings. The number of carbonyl (C=O) groups is 1. The van der Waals surface area contributed by atoms with Gasteiger partial charge in [0.1, 0.15) is 6.54 Å². The number of nitrogens with zero attached hydrogens (tertiary/aromatic N) is 1. The monoisotopic (exact) mass is 366 g/mol. The molecule has 1 N–H and O–H groups in total. The second-order valence-electron chi connectivity index (χ2n) is 6.35. The summed E-state index contributed by atoms with van der Waals surface area (Å²) in [5.74, 6) is -0.332. The summed E-state index contributed by atoms with van der Waals surface area (Å²) in [5, 5.41) is 4.35. The lowest BCUT2D eigenvalue weighted by Gasteiger charge is -2.18. The maximum absolute atomic E-state index is 12.9. The van der Waals surface area contributed by atoms with Crippen molar-refractivity contribution in [1.82, 2.24) is 5.32 Å². The number of hydrogen-bond donors (Lipinski definition) is 1. The van der Waals surface area contributed by atoms with Crippen molar-refractivity contribution in [2.75, 3.05) is 10.8 Å². The van der Waals surface area contributed by atoms with Crippen LogP contribution in [0.2, 0.25) is 0 Å². The van der Waals surface area contributed by atoms with Crippen LogP contribution in [0.25, 0.3) is 10.8 Å². The van der Waals surface area contributed by atoms with Gasteiger partial charge in [-0.1, -0.05) is 48.5 Å². The van der Waals surface area contributed by atoms with E-state index in [1.54, 1.807) is 24.3 Å². The number of anilines is 1. The predicted octanol–water partition coefficient (Wildman–Crippen LogP) is 2.97. The van der Waals surface area contributed by atoms with Crippen molar-refractivity contribution in [2.45, 2.75) is 18.4 Å². The Kier molecular flexibility index (Phi) is 3.92. The molecule has 1 heterocycles. The van der Waals surface area contributed by atoms with Crippen LogP contribution in [0.1, 0.15) is 11.1 Å². The second kappa shape index (κ2) is 6.14. The van der Waals surface area contributed by atoms with Crippen LogP contribution in [0.3, 0.4) is 0 Å². The van der Waals surface area contributed by atoms with Crippen molar-refractivity contribution >= 4 is 32.4 Å². The highest BCUT2D eigenvalue weighted by atomic mass is 32.2. The molecular formula is C20H18N2O3S. The first-order valence-corrected chi connectivity index (χ1v) is 9.78. The summed E-state index contributed by atoms with van der Waals surface area (Å²) in [5.41, 5.74) is 2.65. The Hall–Kier alpha value is -2.86. The molecule has 0 saturated heterocycles. The largest absolute Gasteiger partial charge is 0.350 e. The van der Waals surface area contributed by atoms with Gasteiger partial charge in [0.25, 0.3) is 10.0 Å². The maximum atomic E-state index is 12.9. The summed E-state index contributed by atoms with van der Waals surface area (Å²) in [4.78, 5) is 12.7. The molecule has 0 bridgehead atoms. The quantitative estimate of drug-likeness (QED) is 0.772. The molecule has 3 aromatic rings. The fraction of sp³-hybridized carbons (Fsp3) is 0.150. The molecule has 0 spiro atoms. The SMILES string of the molecule is Cc1ccccc1CNC(=O)CN1c2cccc3cccc(c23)S1(=O)=O. The van der Waals surface area contributed by atoms with Crippen LogP contribution < -0.4 is 9.62 Å². The molecule has 6 heteroatoms. The summed E-state index contributed by atoms with van der Waals surface area (Å²) in [6, 6.07) is 18.4. The lowest BCUT2D eigenvalue weighted by molar-refractivity contribution is -0.119. The van der Waals surface area contributed by atoms with E-state index in [4.69, 9.17) is 0 Å². The molecule has 132 valence electrons. The number of hydrogen-bond acceptors (Lipinski definition) is 3. The lowest BCUT2D eigenvalue weighted by atomic mass is 10.1. The molecule has 0 aliphatic carbocycles. The van der Waals surface area contributed by atoms with Gasteiger partial charge in [-0.3, -0.25) is 9.10 Å². The first kappa shape index (κ1) is 16.6. The minimum Gasteiger partial charge on any atom is -0.350 e. The predicted molar refractivity (Wildman–Crippen MR) is 102 cm³/mol. The zero-order valence-corrected chi connectivity index (χ0v) is 15.1. The van der Waals surface area contributed by atoms with Gasteiger partial charge in [0.05, 0.1) is 10.6 Å². The Morgan fingerprint density at radius 1 is 1.00 bits per heavy atom. The van der Waals surface area contributed by atoms with Crippen LogP contribution in [0, 0.1) is 6.92 Å².